The minimum Gasteiger partial charge on any atom is -0.456 e. The lowest BCUT2D eigenvalue weighted by Crippen LogP contribution is -2.48. The second-order valence-electron chi connectivity index (χ2n) is 12.6. The fourth-order valence-electron chi connectivity index (χ4n) is 8.64. The van der Waals surface area contributed by atoms with Crippen LogP contribution in [0.4, 0.5) is 11.4 Å². The first-order chi connectivity index (χ1) is 19.2. The molecule has 0 amide bonds. The molecule has 0 unspecified atom stereocenters. The summed E-state index contributed by atoms with van der Waals surface area (Å²) in [6, 6.07) is 15.9. The number of rotatable bonds is 4. The molecule has 4 bridgehead atoms. The summed E-state index contributed by atoms with van der Waals surface area (Å²) in [7, 11) is -3.96. The maximum absolute atomic E-state index is 13.8. The summed E-state index contributed by atoms with van der Waals surface area (Å²) >= 11 is 0. The van der Waals surface area contributed by atoms with E-state index in [-0.39, 0.29) is 28.2 Å². The molecule has 8 heteroatoms. The summed E-state index contributed by atoms with van der Waals surface area (Å²) in [5.41, 5.74) is 4.90. The van der Waals surface area contributed by atoms with E-state index in [1.54, 1.807) is 24.3 Å². The lowest BCUT2D eigenvalue weighted by molar-refractivity contribution is -0.384. The summed E-state index contributed by atoms with van der Waals surface area (Å²) < 4.78 is 35.3. The van der Waals surface area contributed by atoms with Crippen molar-refractivity contribution >= 4 is 33.0 Å². The lowest BCUT2D eigenvalue weighted by Gasteiger charge is -2.57. The number of aryl methyl sites for hydroxylation is 1. The van der Waals surface area contributed by atoms with Gasteiger partial charge in [-0.05, 0) is 110 Å². The number of nitro groups is 1. The van der Waals surface area contributed by atoms with Crippen LogP contribution in [-0.4, -0.2) is 19.9 Å². The number of nitrogens with zero attached hydrogens (tertiary/aromatic N) is 2. The standard InChI is InChI=1S/C32H30N2O5S/c1-19-2-5-27(6-3-19)40(37,38)33-18-24-11-23-12-25(32-15-20-8-21(16-32)10-22(9-20)17-32)4-7-29(23)39-30-14-26(34(35)36)13-28(33)31(24)30/h2-7,11-14,20-22H,8-10,15-18H2,1H3. The van der Waals surface area contributed by atoms with E-state index in [0.29, 0.717) is 17.1 Å². The van der Waals surface area contributed by atoms with Crippen LogP contribution in [-0.2, 0) is 15.4 Å². The van der Waals surface area contributed by atoms with Crippen LogP contribution in [0.5, 0.6) is 11.5 Å². The van der Waals surface area contributed by atoms with Crippen LogP contribution in [0.25, 0.3) is 11.6 Å². The Balaban J connectivity index is 1.25. The number of nitro benzene ring substituents is 1. The highest BCUT2D eigenvalue weighted by molar-refractivity contribution is 7.92. The molecule has 0 aromatic heterocycles. The Morgan fingerprint density at radius 3 is 2.25 bits per heavy atom. The van der Waals surface area contributed by atoms with E-state index in [1.165, 1.54) is 60.5 Å². The molecular weight excluding hydrogens is 524 g/mol. The molecule has 0 saturated heterocycles. The van der Waals surface area contributed by atoms with Crippen molar-refractivity contribution in [3.05, 3.63) is 87.0 Å². The van der Waals surface area contributed by atoms with Crippen LogP contribution >= 0.6 is 0 Å². The zero-order chi connectivity index (χ0) is 27.4. The molecule has 0 radical (unpaired) electrons. The normalized spacial score (nSPS) is 27.5. The molecule has 3 aromatic carbocycles. The Bertz CT molecular complexity index is 1710. The third kappa shape index (κ3) is 3.51. The number of hydrogen-bond acceptors (Lipinski definition) is 5. The zero-order valence-corrected chi connectivity index (χ0v) is 23.1. The smallest absolute Gasteiger partial charge is 0.275 e. The number of anilines is 1. The molecule has 4 fully saturated rings. The van der Waals surface area contributed by atoms with Gasteiger partial charge in [-0.15, -0.1) is 0 Å². The Kier molecular flexibility index (Phi) is 4.95. The molecule has 0 N–H and O–H groups in total. The van der Waals surface area contributed by atoms with Crippen LogP contribution in [0.1, 0.15) is 60.8 Å². The van der Waals surface area contributed by atoms with E-state index < -0.39 is 14.9 Å². The third-order valence-electron chi connectivity index (χ3n) is 10.00. The van der Waals surface area contributed by atoms with Gasteiger partial charge in [-0.1, -0.05) is 23.8 Å². The SMILES string of the molecule is Cc1ccc(S(=O)(=O)N2CC3=Cc4cc(C56CC7CC(CC(C7)C5)C6)ccc4Oc4cc([N+](=O)[O-])cc2c43)cc1. The highest BCUT2D eigenvalue weighted by atomic mass is 32.2. The molecular formula is C32H30N2O5S. The number of hydrogen-bond donors (Lipinski definition) is 0. The summed E-state index contributed by atoms with van der Waals surface area (Å²) in [6.45, 7) is 1.99. The van der Waals surface area contributed by atoms with Gasteiger partial charge in [0.15, 0.2) is 0 Å². The molecule has 0 spiro atoms. The van der Waals surface area contributed by atoms with Gasteiger partial charge in [-0.2, -0.15) is 0 Å². The Labute approximate surface area is 233 Å². The third-order valence-corrected chi connectivity index (χ3v) is 11.8. The van der Waals surface area contributed by atoms with Crippen LogP contribution < -0.4 is 9.04 Å². The fraction of sp³-hybridized carbons (Fsp3) is 0.375. The monoisotopic (exact) mass is 554 g/mol. The maximum Gasteiger partial charge on any atom is 0.275 e. The predicted molar refractivity (Wildman–Crippen MR) is 153 cm³/mol. The lowest BCUT2D eigenvalue weighted by atomic mass is 9.48. The van der Waals surface area contributed by atoms with Gasteiger partial charge < -0.3 is 4.74 Å². The van der Waals surface area contributed by atoms with Crippen molar-refractivity contribution in [3.8, 4) is 11.5 Å². The van der Waals surface area contributed by atoms with Crippen LogP contribution in [0, 0.1) is 34.8 Å². The van der Waals surface area contributed by atoms with Gasteiger partial charge in [0.25, 0.3) is 15.7 Å². The summed E-state index contributed by atoms with van der Waals surface area (Å²) in [5.74, 6) is 3.43. The molecule has 0 atom stereocenters. The van der Waals surface area contributed by atoms with E-state index in [1.807, 2.05) is 19.1 Å². The molecule has 2 aliphatic heterocycles. The van der Waals surface area contributed by atoms with Gasteiger partial charge in [-0.25, -0.2) is 8.42 Å². The van der Waals surface area contributed by atoms with Gasteiger partial charge >= 0.3 is 0 Å². The van der Waals surface area contributed by atoms with E-state index >= 15 is 0 Å². The first-order valence-electron chi connectivity index (χ1n) is 14.1. The number of sulfonamides is 1. The molecule has 4 aliphatic carbocycles. The van der Waals surface area contributed by atoms with Crippen molar-refractivity contribution in [1.82, 2.24) is 0 Å². The first kappa shape index (κ1) is 24.2. The Hall–Kier alpha value is -3.65. The summed E-state index contributed by atoms with van der Waals surface area (Å²) in [5, 5.41) is 11.9. The number of fused-ring (bicyclic) bond motifs is 1. The van der Waals surface area contributed by atoms with Crippen molar-refractivity contribution in [1.29, 1.82) is 0 Å². The van der Waals surface area contributed by atoms with Crippen molar-refractivity contribution < 1.29 is 18.1 Å². The van der Waals surface area contributed by atoms with Crippen LogP contribution in [0.2, 0.25) is 0 Å². The average Bonchev–Trinajstić information content (AvgIpc) is 3.20. The van der Waals surface area contributed by atoms with Gasteiger partial charge in [0.1, 0.15) is 11.5 Å². The van der Waals surface area contributed by atoms with Gasteiger partial charge in [-0.3, -0.25) is 14.4 Å². The second kappa shape index (κ2) is 8.19. The van der Waals surface area contributed by atoms with Gasteiger partial charge in [0.05, 0.1) is 28.1 Å². The predicted octanol–water partition coefficient (Wildman–Crippen LogP) is 7.23. The molecule has 7 nitrogen and oxygen atoms in total. The van der Waals surface area contributed by atoms with E-state index in [9.17, 15) is 18.5 Å². The highest BCUT2D eigenvalue weighted by Crippen LogP contribution is 2.61. The maximum atomic E-state index is 13.8. The first-order valence-corrected chi connectivity index (χ1v) is 15.6. The van der Waals surface area contributed by atoms with E-state index in [2.05, 4.69) is 12.1 Å². The quantitative estimate of drug-likeness (QED) is 0.251. The van der Waals surface area contributed by atoms with Gasteiger partial charge in [0, 0.05) is 17.2 Å². The molecule has 3 aromatic rings. The minimum atomic E-state index is -3.96. The number of ether oxygens (including phenoxy) is 1. The van der Waals surface area contributed by atoms with Crippen LogP contribution in [0.15, 0.2) is 59.5 Å². The molecule has 204 valence electrons. The molecule has 2 heterocycles. The van der Waals surface area contributed by atoms with Crippen molar-refractivity contribution in [2.75, 3.05) is 10.8 Å². The van der Waals surface area contributed by atoms with Crippen molar-refractivity contribution in [3.63, 3.8) is 0 Å². The molecule has 6 aliphatic rings. The topological polar surface area (TPSA) is 89.8 Å². The average molecular weight is 555 g/mol. The summed E-state index contributed by atoms with van der Waals surface area (Å²) in [4.78, 5) is 11.5. The van der Waals surface area contributed by atoms with E-state index in [0.717, 1.165) is 34.5 Å². The molecule has 40 heavy (non-hydrogen) atoms. The fourth-order valence-corrected chi connectivity index (χ4v) is 10.1. The zero-order valence-electron chi connectivity index (χ0n) is 22.3. The second-order valence-corrected chi connectivity index (χ2v) is 14.5. The Morgan fingerprint density at radius 1 is 0.925 bits per heavy atom. The van der Waals surface area contributed by atoms with Gasteiger partial charge in [0.2, 0.25) is 0 Å². The molecule has 9 rings (SSSR count). The van der Waals surface area contributed by atoms with Crippen molar-refractivity contribution in [2.45, 2.75) is 55.8 Å². The number of non-ortho nitro benzene ring substituents is 1. The van der Waals surface area contributed by atoms with Crippen molar-refractivity contribution in [2.24, 2.45) is 17.8 Å². The largest absolute Gasteiger partial charge is 0.456 e. The Morgan fingerprint density at radius 2 is 1.60 bits per heavy atom. The van der Waals surface area contributed by atoms with Crippen LogP contribution in [0.3, 0.4) is 0 Å². The highest BCUT2D eigenvalue weighted by Gasteiger charge is 2.51. The van der Waals surface area contributed by atoms with E-state index in [4.69, 9.17) is 4.74 Å². The minimum absolute atomic E-state index is 0.0874. The summed E-state index contributed by atoms with van der Waals surface area (Å²) in [6.07, 6.45) is 9.89. The number of benzene rings is 3. The molecule has 4 saturated carbocycles.